The molecule has 0 saturated carbocycles. The van der Waals surface area contributed by atoms with Crippen molar-refractivity contribution in [2.24, 2.45) is 0 Å². The summed E-state index contributed by atoms with van der Waals surface area (Å²) in [5.41, 5.74) is 23.7. The van der Waals surface area contributed by atoms with Gasteiger partial charge in [-0.1, -0.05) is 199 Å². The highest BCUT2D eigenvalue weighted by molar-refractivity contribution is 6.74. The van der Waals surface area contributed by atoms with Crippen LogP contribution in [0.1, 0.15) is 58.2 Å². The van der Waals surface area contributed by atoms with Crippen LogP contribution < -0.4 is 26.0 Å². The average Bonchev–Trinajstić information content (AvgIpc) is 3.81. The SMILES string of the molecule is Cc1ccccc1N1c2ccc(-c3ccccc3)cc2Bc2c(-c3ccc(N(c4ccc(C(C)(C)C)cc4)c4ccc(C(C)(C)C)cc4)cc3Nc3ccc(-c4ccccc4)cc3)cc3oc4ccccc4c3c21. The topological polar surface area (TPSA) is 31.6 Å². The Balaban J connectivity index is 1.11. The van der Waals surface area contributed by atoms with Crippen molar-refractivity contribution in [3.8, 4) is 33.4 Å². The predicted molar refractivity (Wildman–Crippen MR) is 318 cm³/mol. The number of hydrogen-bond acceptors (Lipinski definition) is 4. The lowest BCUT2D eigenvalue weighted by Gasteiger charge is -2.36. The molecule has 0 atom stereocenters. The second-order valence-corrected chi connectivity index (χ2v) is 22.0. The van der Waals surface area contributed by atoms with E-state index >= 15 is 0 Å². The molecule has 12 rings (SSSR count). The van der Waals surface area contributed by atoms with Gasteiger partial charge < -0.3 is 19.5 Å². The smallest absolute Gasteiger partial charge is 0.198 e. The minimum absolute atomic E-state index is 0.0189. The molecule has 0 aliphatic carbocycles. The van der Waals surface area contributed by atoms with Crippen molar-refractivity contribution in [2.45, 2.75) is 59.3 Å². The van der Waals surface area contributed by atoms with Crippen LogP contribution in [0, 0.1) is 6.92 Å². The highest BCUT2D eigenvalue weighted by Crippen LogP contribution is 2.48. The van der Waals surface area contributed by atoms with E-state index in [4.69, 9.17) is 4.42 Å². The van der Waals surface area contributed by atoms with Gasteiger partial charge in [0, 0.05) is 50.8 Å². The summed E-state index contributed by atoms with van der Waals surface area (Å²) >= 11 is 0. The largest absolute Gasteiger partial charge is 0.456 e. The molecule has 0 spiro atoms. The van der Waals surface area contributed by atoms with Crippen LogP contribution in [0.4, 0.5) is 45.5 Å². The number of benzene rings is 10. The predicted octanol–water partition coefficient (Wildman–Crippen LogP) is 17.9. The zero-order valence-corrected chi connectivity index (χ0v) is 43.4. The highest BCUT2D eigenvalue weighted by Gasteiger charge is 2.33. The Morgan fingerprint density at radius 3 is 1.65 bits per heavy atom. The molecular formula is C69H60BN3O. The molecule has 0 saturated heterocycles. The molecule has 0 radical (unpaired) electrons. The van der Waals surface area contributed by atoms with E-state index in [9.17, 15) is 0 Å². The molecule has 0 bridgehead atoms. The second-order valence-electron chi connectivity index (χ2n) is 22.0. The first kappa shape index (κ1) is 46.5. The number of rotatable bonds is 9. The van der Waals surface area contributed by atoms with Crippen molar-refractivity contribution < 1.29 is 4.42 Å². The number of aryl methyl sites for hydroxylation is 1. The van der Waals surface area contributed by atoms with Crippen LogP contribution in [0.3, 0.4) is 0 Å². The van der Waals surface area contributed by atoms with E-state index in [1.807, 2.05) is 0 Å². The summed E-state index contributed by atoms with van der Waals surface area (Å²) < 4.78 is 6.96. The summed E-state index contributed by atoms with van der Waals surface area (Å²) in [6, 6.07) is 81.9. The van der Waals surface area contributed by atoms with Crippen molar-refractivity contribution in [3.05, 3.63) is 241 Å². The molecule has 5 heteroatoms. The van der Waals surface area contributed by atoms with Crippen molar-refractivity contribution in [3.63, 3.8) is 0 Å². The maximum atomic E-state index is 6.96. The maximum Gasteiger partial charge on any atom is 0.198 e. The number of fused-ring (bicyclic) bond motifs is 6. The van der Waals surface area contributed by atoms with Crippen LogP contribution in [-0.2, 0) is 10.8 Å². The van der Waals surface area contributed by atoms with Gasteiger partial charge in [-0.2, -0.15) is 0 Å². The van der Waals surface area contributed by atoms with E-state index in [-0.39, 0.29) is 10.8 Å². The number of anilines is 8. The Hall–Kier alpha value is -8.54. The summed E-state index contributed by atoms with van der Waals surface area (Å²) in [6.45, 7) is 15.9. The minimum Gasteiger partial charge on any atom is -0.456 e. The summed E-state index contributed by atoms with van der Waals surface area (Å²) in [5, 5.41) is 6.24. The van der Waals surface area contributed by atoms with Crippen LogP contribution in [0.25, 0.3) is 55.3 Å². The van der Waals surface area contributed by atoms with Crippen LogP contribution in [0.5, 0.6) is 0 Å². The minimum atomic E-state index is 0.0189. The molecular weight excluding hydrogens is 898 g/mol. The van der Waals surface area contributed by atoms with E-state index in [1.165, 1.54) is 55.6 Å². The third-order valence-corrected chi connectivity index (χ3v) is 14.9. The molecule has 2 heterocycles. The number of furan rings is 1. The molecule has 1 N–H and O–H groups in total. The summed E-state index contributed by atoms with van der Waals surface area (Å²) in [5.74, 6) is 0. The monoisotopic (exact) mass is 957 g/mol. The zero-order valence-electron chi connectivity index (χ0n) is 43.4. The van der Waals surface area contributed by atoms with Crippen molar-refractivity contribution in [2.75, 3.05) is 15.1 Å². The first-order chi connectivity index (χ1) is 35.9. The molecule has 4 nitrogen and oxygen atoms in total. The van der Waals surface area contributed by atoms with Gasteiger partial charge in [0.1, 0.15) is 11.2 Å². The van der Waals surface area contributed by atoms with Crippen LogP contribution in [0.15, 0.2) is 229 Å². The third kappa shape index (κ3) is 8.62. The second kappa shape index (κ2) is 18.5. The molecule has 0 amide bonds. The highest BCUT2D eigenvalue weighted by atomic mass is 16.3. The van der Waals surface area contributed by atoms with Gasteiger partial charge in [0.15, 0.2) is 7.28 Å². The van der Waals surface area contributed by atoms with Gasteiger partial charge in [0.25, 0.3) is 0 Å². The van der Waals surface area contributed by atoms with E-state index in [0.29, 0.717) is 0 Å². The Morgan fingerprint density at radius 2 is 1.01 bits per heavy atom. The Bertz CT molecular complexity index is 3790. The molecule has 1 aliphatic heterocycles. The van der Waals surface area contributed by atoms with Crippen molar-refractivity contribution in [1.82, 2.24) is 0 Å². The molecule has 0 unspecified atom stereocenters. The Morgan fingerprint density at radius 1 is 0.459 bits per heavy atom. The van der Waals surface area contributed by atoms with Crippen molar-refractivity contribution in [1.29, 1.82) is 0 Å². The van der Waals surface area contributed by atoms with Gasteiger partial charge >= 0.3 is 0 Å². The van der Waals surface area contributed by atoms with Crippen LogP contribution in [-0.4, -0.2) is 7.28 Å². The van der Waals surface area contributed by atoms with E-state index in [1.54, 1.807) is 0 Å². The van der Waals surface area contributed by atoms with Crippen LogP contribution >= 0.6 is 0 Å². The lowest BCUT2D eigenvalue weighted by Crippen LogP contribution is -2.41. The summed E-state index contributed by atoms with van der Waals surface area (Å²) in [4.78, 5) is 4.91. The Kier molecular flexibility index (Phi) is 11.6. The maximum absolute atomic E-state index is 6.96. The summed E-state index contributed by atoms with van der Waals surface area (Å²) in [6.07, 6.45) is 0. The quantitative estimate of drug-likeness (QED) is 0.146. The average molecular weight is 958 g/mol. The molecule has 74 heavy (non-hydrogen) atoms. The molecule has 1 aliphatic rings. The van der Waals surface area contributed by atoms with E-state index < -0.39 is 0 Å². The lowest BCUT2D eigenvalue weighted by atomic mass is 9.57. The van der Waals surface area contributed by atoms with E-state index in [0.717, 1.165) is 80.2 Å². The van der Waals surface area contributed by atoms with Crippen molar-refractivity contribution >= 4 is 85.6 Å². The third-order valence-electron chi connectivity index (χ3n) is 14.9. The van der Waals surface area contributed by atoms with Gasteiger partial charge in [-0.05, 0) is 141 Å². The zero-order chi connectivity index (χ0) is 50.7. The van der Waals surface area contributed by atoms with Gasteiger partial charge in [0.05, 0.1) is 11.1 Å². The van der Waals surface area contributed by atoms with Gasteiger partial charge in [-0.3, -0.25) is 0 Å². The number of hydrogen-bond donors (Lipinski definition) is 1. The van der Waals surface area contributed by atoms with Gasteiger partial charge in [-0.25, -0.2) is 0 Å². The fourth-order valence-electron chi connectivity index (χ4n) is 10.9. The van der Waals surface area contributed by atoms with Gasteiger partial charge in [0.2, 0.25) is 0 Å². The number of nitrogens with zero attached hydrogens (tertiary/aromatic N) is 2. The lowest BCUT2D eigenvalue weighted by molar-refractivity contribution is 0.590. The molecule has 360 valence electrons. The Labute approximate surface area is 436 Å². The molecule has 0 fully saturated rings. The fourth-order valence-corrected chi connectivity index (χ4v) is 10.9. The normalized spacial score (nSPS) is 12.3. The van der Waals surface area contributed by atoms with Gasteiger partial charge in [-0.15, -0.1) is 0 Å². The molecule has 11 aromatic rings. The fraction of sp³-hybridized carbons (Fsp3) is 0.130. The molecule has 10 aromatic carbocycles. The number of para-hydroxylation sites is 2. The van der Waals surface area contributed by atoms with E-state index in [2.05, 4.69) is 288 Å². The summed E-state index contributed by atoms with van der Waals surface area (Å²) in [7, 11) is 0.720. The first-order valence-electron chi connectivity index (χ1n) is 26.0. The first-order valence-corrected chi connectivity index (χ1v) is 26.0. The standard InChI is InChI=1S/C69H60BN3O/c1-45-18-14-16-24-61(45)73-62-41-28-49(47-21-12-9-13-22-47)42-59(62)70-66-58(44-64-65(67(66)73)57-23-15-17-25-63(57)74-64)56-40-39-55(43-60(56)71-52-33-26-48(27-34-52)46-19-10-8-11-20-46)72(53-35-29-50(30-36-53)68(2,3)4)54-37-31-51(32-38-54)69(5,6)7/h8-44,70-71H,1-7H3. The van der Waals surface area contributed by atoms with Crippen LogP contribution in [0.2, 0.25) is 0 Å². The number of nitrogens with one attached hydrogen (secondary N) is 1. The molecule has 1 aromatic heterocycles.